The number of alkyl halides is 3. The van der Waals surface area contributed by atoms with E-state index in [1.54, 1.807) is 12.2 Å². The van der Waals surface area contributed by atoms with Crippen molar-refractivity contribution < 1.29 is 22.7 Å². The van der Waals surface area contributed by atoms with E-state index in [0.29, 0.717) is 25.1 Å². The zero-order chi connectivity index (χ0) is 28.3. The fourth-order valence-corrected chi connectivity index (χ4v) is 4.72. The Morgan fingerprint density at radius 1 is 0.974 bits per heavy atom. The first kappa shape index (κ1) is 29.8. The van der Waals surface area contributed by atoms with Crippen molar-refractivity contribution in [3.05, 3.63) is 114 Å². The third-order valence-electron chi connectivity index (χ3n) is 6.57. The fraction of sp³-hybridized carbons (Fsp3) is 0.344. The minimum absolute atomic E-state index is 0.0456. The van der Waals surface area contributed by atoms with E-state index >= 15 is 0 Å². The predicted molar refractivity (Wildman–Crippen MR) is 152 cm³/mol. The highest BCUT2D eigenvalue weighted by molar-refractivity contribution is 5.90. The third kappa shape index (κ3) is 8.12. The number of para-hydroxylation sites is 1. The Labute approximate surface area is 229 Å². The van der Waals surface area contributed by atoms with E-state index in [2.05, 4.69) is 59.2 Å². The van der Waals surface area contributed by atoms with Crippen molar-refractivity contribution in [3.63, 3.8) is 0 Å². The lowest BCUT2D eigenvalue weighted by atomic mass is 10.0. The molecule has 0 N–H and O–H groups in total. The van der Waals surface area contributed by atoms with Crippen LogP contribution in [0.4, 0.5) is 18.9 Å². The molecular weight excluding hydrogens is 501 g/mol. The van der Waals surface area contributed by atoms with Crippen LogP contribution in [-0.2, 0) is 9.53 Å². The lowest BCUT2D eigenvalue weighted by Crippen LogP contribution is -2.53. The van der Waals surface area contributed by atoms with Gasteiger partial charge in [-0.3, -0.25) is 0 Å². The summed E-state index contributed by atoms with van der Waals surface area (Å²) < 4.78 is 41.9. The first-order valence-corrected chi connectivity index (χ1v) is 13.2. The highest BCUT2D eigenvalue weighted by atomic mass is 19.4. The number of carbonyl (C=O) groups is 1. The quantitative estimate of drug-likeness (QED) is 0.287. The van der Waals surface area contributed by atoms with Gasteiger partial charge in [-0.15, -0.1) is 0 Å². The highest BCUT2D eigenvalue weighted by Crippen LogP contribution is 2.35. The second-order valence-corrected chi connectivity index (χ2v) is 9.36. The van der Waals surface area contributed by atoms with Crippen molar-refractivity contribution in [2.24, 2.45) is 5.92 Å². The van der Waals surface area contributed by atoms with Crippen LogP contribution in [0.1, 0.15) is 39.5 Å². The summed E-state index contributed by atoms with van der Waals surface area (Å²) in [5.74, 6) is -1.70. The van der Waals surface area contributed by atoms with Gasteiger partial charge < -0.3 is 14.5 Å². The number of allylic oxidation sites excluding steroid dienone is 11. The van der Waals surface area contributed by atoms with E-state index in [9.17, 15) is 18.0 Å². The van der Waals surface area contributed by atoms with E-state index in [1.807, 2.05) is 37.3 Å². The molecule has 3 aliphatic rings. The summed E-state index contributed by atoms with van der Waals surface area (Å²) >= 11 is 0. The van der Waals surface area contributed by atoms with E-state index in [4.69, 9.17) is 4.74 Å². The molecule has 0 radical (unpaired) electrons. The minimum atomic E-state index is -4.16. The molecule has 2 aliphatic carbocycles. The fourth-order valence-electron chi connectivity index (χ4n) is 4.72. The van der Waals surface area contributed by atoms with Gasteiger partial charge in [0.2, 0.25) is 0 Å². The Morgan fingerprint density at radius 2 is 1.64 bits per heavy atom. The number of ether oxygens (including phenoxy) is 1. The molecule has 0 spiro atoms. The van der Waals surface area contributed by atoms with Gasteiger partial charge in [-0.05, 0) is 56.4 Å². The molecule has 0 aromatic heterocycles. The maximum atomic E-state index is 12.6. The number of hydrogen-bond donors (Lipinski definition) is 0. The smallest absolute Gasteiger partial charge is 0.398 e. The van der Waals surface area contributed by atoms with Crippen molar-refractivity contribution in [1.82, 2.24) is 4.90 Å². The van der Waals surface area contributed by atoms with Gasteiger partial charge in [0.25, 0.3) is 0 Å². The Morgan fingerprint density at radius 3 is 2.23 bits per heavy atom. The van der Waals surface area contributed by atoms with Crippen LogP contribution in [0.3, 0.4) is 0 Å². The Balaban J connectivity index is 0.000000272. The van der Waals surface area contributed by atoms with Gasteiger partial charge in [-0.25, -0.2) is 4.79 Å². The van der Waals surface area contributed by atoms with E-state index in [-0.39, 0.29) is 12.1 Å². The van der Waals surface area contributed by atoms with E-state index in [1.165, 1.54) is 19.3 Å². The molecule has 4 nitrogen and oxygen atoms in total. The van der Waals surface area contributed by atoms with Gasteiger partial charge in [0.1, 0.15) is 11.9 Å². The molecule has 0 amide bonds. The summed E-state index contributed by atoms with van der Waals surface area (Å²) in [6.07, 6.45) is 18.4. The van der Waals surface area contributed by atoms with Gasteiger partial charge in [0.15, 0.2) is 0 Å². The molecule has 1 aliphatic heterocycles. The highest BCUT2D eigenvalue weighted by Gasteiger charge is 2.37. The number of rotatable bonds is 4. The zero-order valence-corrected chi connectivity index (χ0v) is 22.8. The molecule has 208 valence electrons. The molecule has 0 saturated heterocycles. The van der Waals surface area contributed by atoms with Gasteiger partial charge in [0, 0.05) is 17.9 Å². The minimum Gasteiger partial charge on any atom is -0.464 e. The molecule has 1 atom stereocenters. The number of halogens is 3. The molecule has 1 unspecified atom stereocenters. The Bertz CT molecular complexity index is 1160. The average Bonchev–Trinajstić information content (AvgIpc) is 3.12. The number of anilines is 1. The summed E-state index contributed by atoms with van der Waals surface area (Å²) in [5.41, 5.74) is 3.85. The number of nitrogens with zero attached hydrogens (tertiary/aromatic N) is 2. The molecular formula is C32H37F3N2O2. The molecule has 1 heterocycles. The maximum absolute atomic E-state index is 12.6. The summed E-state index contributed by atoms with van der Waals surface area (Å²) in [5, 5.41) is 0. The monoisotopic (exact) mass is 538 g/mol. The first-order valence-electron chi connectivity index (χ1n) is 13.2. The maximum Gasteiger partial charge on any atom is 0.398 e. The van der Waals surface area contributed by atoms with Crippen molar-refractivity contribution in [1.29, 1.82) is 0 Å². The number of methoxy groups -OCH3 is 1. The second kappa shape index (κ2) is 14.4. The second-order valence-electron chi connectivity index (χ2n) is 9.36. The molecule has 7 heteroatoms. The van der Waals surface area contributed by atoms with Crippen molar-refractivity contribution in [3.8, 4) is 0 Å². The van der Waals surface area contributed by atoms with Crippen molar-refractivity contribution in [2.75, 3.05) is 18.6 Å². The van der Waals surface area contributed by atoms with Crippen LogP contribution in [0.25, 0.3) is 0 Å². The lowest BCUT2D eigenvalue weighted by Gasteiger charge is -2.47. The van der Waals surface area contributed by atoms with Gasteiger partial charge in [-0.1, -0.05) is 85.9 Å². The zero-order valence-electron chi connectivity index (χ0n) is 22.8. The molecule has 1 aromatic carbocycles. The Kier molecular flexibility index (Phi) is 11.0. The van der Waals surface area contributed by atoms with Crippen LogP contribution in [0.5, 0.6) is 0 Å². The SMILES string of the molecule is CCC1N(C2=CCC=CC=C2)C(C(=O)OC)=C(C)CN1c1ccccc1.FC(F)(F)C1C=CC/C=C\CC=C1. The molecule has 1 aromatic rings. The predicted octanol–water partition coefficient (Wildman–Crippen LogP) is 8.02. The number of hydrogen-bond acceptors (Lipinski definition) is 4. The number of benzene rings is 1. The standard InChI is InChI=1S/C22H26N2O2.C10H11F3/c1-4-20-23(18-12-10-7-11-13-18)16-17(2)21(22(25)26-3)24(20)19-14-8-5-6-9-15-19;11-10(12,13)9-7-5-3-1-2-4-6-8-9/h5-8,10-15,20H,4,9,16H2,1-3H3;1-2,5-9H,3-4H2/b;2-1-,7-5?,8-6?. The summed E-state index contributed by atoms with van der Waals surface area (Å²) in [6, 6.07) is 10.4. The largest absolute Gasteiger partial charge is 0.464 e. The van der Waals surface area contributed by atoms with Crippen LogP contribution < -0.4 is 4.90 Å². The van der Waals surface area contributed by atoms with Crippen LogP contribution >= 0.6 is 0 Å². The Hall–Kier alpha value is -3.74. The number of carbonyl (C=O) groups excluding carboxylic acids is 1. The number of esters is 1. The van der Waals surface area contributed by atoms with Crippen molar-refractivity contribution >= 4 is 11.7 Å². The molecule has 4 rings (SSSR count). The normalized spacial score (nSPS) is 22.2. The molecule has 0 bridgehead atoms. The van der Waals surface area contributed by atoms with Gasteiger partial charge in [-0.2, -0.15) is 13.2 Å². The van der Waals surface area contributed by atoms with Gasteiger partial charge >= 0.3 is 12.1 Å². The average molecular weight is 539 g/mol. The van der Waals surface area contributed by atoms with Crippen LogP contribution in [0.2, 0.25) is 0 Å². The van der Waals surface area contributed by atoms with Crippen LogP contribution in [0.15, 0.2) is 114 Å². The van der Waals surface area contributed by atoms with E-state index < -0.39 is 12.1 Å². The summed E-state index contributed by atoms with van der Waals surface area (Å²) in [4.78, 5) is 17.1. The van der Waals surface area contributed by atoms with Crippen molar-refractivity contribution in [2.45, 2.75) is 51.9 Å². The van der Waals surface area contributed by atoms with Crippen LogP contribution in [-0.4, -0.2) is 36.9 Å². The van der Waals surface area contributed by atoms with Crippen LogP contribution in [0, 0.1) is 5.92 Å². The summed E-state index contributed by atoms with van der Waals surface area (Å²) in [6.45, 7) is 4.88. The topological polar surface area (TPSA) is 32.8 Å². The third-order valence-corrected chi connectivity index (χ3v) is 6.57. The molecule has 0 fully saturated rings. The molecule has 39 heavy (non-hydrogen) atoms. The van der Waals surface area contributed by atoms with Gasteiger partial charge in [0.05, 0.1) is 13.0 Å². The lowest BCUT2D eigenvalue weighted by molar-refractivity contribution is -0.148. The first-order chi connectivity index (χ1) is 18.8. The molecule has 0 saturated carbocycles. The summed E-state index contributed by atoms with van der Waals surface area (Å²) in [7, 11) is 1.45. The van der Waals surface area contributed by atoms with E-state index in [0.717, 1.165) is 29.8 Å².